The summed E-state index contributed by atoms with van der Waals surface area (Å²) >= 11 is 1.50. The first kappa shape index (κ1) is 23.7. The van der Waals surface area contributed by atoms with Crippen molar-refractivity contribution in [3.63, 3.8) is 0 Å². The van der Waals surface area contributed by atoms with Crippen molar-refractivity contribution in [1.29, 1.82) is 0 Å². The summed E-state index contributed by atoms with van der Waals surface area (Å²) in [7, 11) is 0. The number of nitrogens with one attached hydrogen (secondary N) is 1. The molecule has 0 unspecified atom stereocenters. The Labute approximate surface area is 213 Å². The molecule has 5 rings (SSSR count). The smallest absolute Gasteiger partial charge is 0.411 e. The molecular formula is C27H27N5O3S. The molecule has 1 aliphatic rings. The van der Waals surface area contributed by atoms with Crippen LogP contribution in [0.1, 0.15) is 25.3 Å². The standard InChI is InChI=1S/C27H27N5O3S/c1-2-35-27(34)28-21-7-5-6-19(16-21)17-32-25(33)13-12-23(30-32)26-29-24(18-36-26)20-8-10-22(11-9-20)31-14-3-4-15-31/h5-13,16,18H,2-4,14-15,17H2,1H3,(H,28,34). The van der Waals surface area contributed by atoms with E-state index in [1.54, 1.807) is 25.1 Å². The van der Waals surface area contributed by atoms with Crippen LogP contribution in [0, 0.1) is 0 Å². The monoisotopic (exact) mass is 501 g/mol. The molecule has 0 spiro atoms. The van der Waals surface area contributed by atoms with Gasteiger partial charge in [0.05, 0.1) is 18.8 Å². The van der Waals surface area contributed by atoms with Crippen molar-refractivity contribution in [2.75, 3.05) is 29.9 Å². The third-order valence-corrected chi connectivity index (χ3v) is 6.87. The van der Waals surface area contributed by atoms with Gasteiger partial charge >= 0.3 is 6.09 Å². The predicted molar refractivity (Wildman–Crippen MR) is 143 cm³/mol. The van der Waals surface area contributed by atoms with Crippen molar-refractivity contribution in [3.8, 4) is 22.0 Å². The van der Waals surface area contributed by atoms with Gasteiger partial charge in [0.1, 0.15) is 10.7 Å². The second kappa shape index (κ2) is 10.7. The zero-order valence-electron chi connectivity index (χ0n) is 20.0. The Balaban J connectivity index is 1.33. The lowest BCUT2D eigenvalue weighted by Crippen LogP contribution is -2.23. The third-order valence-electron chi connectivity index (χ3n) is 6.01. The van der Waals surface area contributed by atoms with Crippen LogP contribution in [0.3, 0.4) is 0 Å². The molecule has 0 bridgehead atoms. The van der Waals surface area contributed by atoms with Crippen LogP contribution >= 0.6 is 11.3 Å². The lowest BCUT2D eigenvalue weighted by Gasteiger charge is -2.17. The van der Waals surface area contributed by atoms with Gasteiger partial charge in [0.25, 0.3) is 5.56 Å². The van der Waals surface area contributed by atoms with E-state index in [0.717, 1.165) is 34.9 Å². The fourth-order valence-corrected chi connectivity index (χ4v) is 5.02. The van der Waals surface area contributed by atoms with Gasteiger partial charge in [-0.25, -0.2) is 14.5 Å². The van der Waals surface area contributed by atoms with Gasteiger partial charge in [0, 0.05) is 41.5 Å². The highest BCUT2D eigenvalue weighted by atomic mass is 32.1. The Morgan fingerprint density at radius 1 is 1.06 bits per heavy atom. The number of hydrogen-bond donors (Lipinski definition) is 1. The van der Waals surface area contributed by atoms with E-state index in [1.165, 1.54) is 40.6 Å². The zero-order valence-corrected chi connectivity index (χ0v) is 20.8. The van der Waals surface area contributed by atoms with Gasteiger partial charge in [-0.2, -0.15) is 5.10 Å². The highest BCUT2D eigenvalue weighted by Crippen LogP contribution is 2.29. The van der Waals surface area contributed by atoms with Crippen LogP contribution in [0.15, 0.2) is 70.8 Å². The summed E-state index contributed by atoms with van der Waals surface area (Å²) in [5, 5.41) is 10.0. The van der Waals surface area contributed by atoms with Crippen molar-refractivity contribution in [1.82, 2.24) is 14.8 Å². The van der Waals surface area contributed by atoms with Crippen LogP contribution in [-0.2, 0) is 11.3 Å². The molecule has 1 N–H and O–H groups in total. The minimum Gasteiger partial charge on any atom is -0.450 e. The molecule has 9 heteroatoms. The highest BCUT2D eigenvalue weighted by molar-refractivity contribution is 7.13. The lowest BCUT2D eigenvalue weighted by molar-refractivity contribution is 0.168. The zero-order chi connectivity index (χ0) is 24.9. The van der Waals surface area contributed by atoms with E-state index in [0.29, 0.717) is 18.0 Å². The summed E-state index contributed by atoms with van der Waals surface area (Å²) in [6.45, 7) is 4.54. The molecule has 0 aliphatic carbocycles. The van der Waals surface area contributed by atoms with E-state index < -0.39 is 6.09 Å². The van der Waals surface area contributed by atoms with Crippen LogP contribution in [0.25, 0.3) is 22.0 Å². The minimum absolute atomic E-state index is 0.211. The molecule has 1 amide bonds. The van der Waals surface area contributed by atoms with Crippen LogP contribution < -0.4 is 15.8 Å². The van der Waals surface area contributed by atoms with E-state index in [1.807, 2.05) is 17.5 Å². The van der Waals surface area contributed by atoms with Crippen LogP contribution in [0.5, 0.6) is 0 Å². The number of anilines is 2. The molecule has 184 valence electrons. The van der Waals surface area contributed by atoms with Gasteiger partial charge < -0.3 is 9.64 Å². The average Bonchev–Trinajstić information content (AvgIpc) is 3.59. The van der Waals surface area contributed by atoms with Gasteiger partial charge in [-0.3, -0.25) is 10.1 Å². The maximum absolute atomic E-state index is 12.5. The lowest BCUT2D eigenvalue weighted by atomic mass is 10.1. The highest BCUT2D eigenvalue weighted by Gasteiger charge is 2.14. The van der Waals surface area contributed by atoms with Crippen molar-refractivity contribution in [2.24, 2.45) is 0 Å². The van der Waals surface area contributed by atoms with Gasteiger partial charge in [0.15, 0.2) is 0 Å². The van der Waals surface area contributed by atoms with Crippen molar-refractivity contribution in [2.45, 2.75) is 26.3 Å². The summed E-state index contributed by atoms with van der Waals surface area (Å²) in [6.07, 6.45) is 1.99. The Bertz CT molecular complexity index is 1410. The van der Waals surface area contributed by atoms with Crippen molar-refractivity contribution < 1.29 is 9.53 Å². The molecule has 3 heterocycles. The number of nitrogens with zero attached hydrogens (tertiary/aromatic N) is 4. The second-order valence-corrected chi connectivity index (χ2v) is 9.40. The van der Waals surface area contributed by atoms with Gasteiger partial charge in [-0.05, 0) is 55.7 Å². The number of amides is 1. The summed E-state index contributed by atoms with van der Waals surface area (Å²) in [5.74, 6) is 0. The Kier molecular flexibility index (Phi) is 7.08. The van der Waals surface area contributed by atoms with Crippen molar-refractivity contribution in [3.05, 3.63) is 82.0 Å². The minimum atomic E-state index is -0.516. The van der Waals surface area contributed by atoms with Crippen LogP contribution in [0.2, 0.25) is 0 Å². The van der Waals surface area contributed by atoms with Crippen LogP contribution in [0.4, 0.5) is 16.2 Å². The molecule has 36 heavy (non-hydrogen) atoms. The van der Waals surface area contributed by atoms with E-state index in [9.17, 15) is 9.59 Å². The quantitative estimate of drug-likeness (QED) is 0.372. The number of ether oxygens (including phenoxy) is 1. The van der Waals surface area contributed by atoms with Gasteiger partial charge in [-0.1, -0.05) is 24.3 Å². The SMILES string of the molecule is CCOC(=O)Nc1cccc(Cn2nc(-c3nc(-c4ccc(N5CCCC5)cc4)cs3)ccc2=O)c1. The molecule has 0 radical (unpaired) electrons. The van der Waals surface area contributed by atoms with Gasteiger partial charge in [-0.15, -0.1) is 11.3 Å². The van der Waals surface area contributed by atoms with E-state index >= 15 is 0 Å². The molecule has 1 fully saturated rings. The summed E-state index contributed by atoms with van der Waals surface area (Å²) in [6, 6.07) is 19.0. The van der Waals surface area contributed by atoms with E-state index in [2.05, 4.69) is 39.6 Å². The third kappa shape index (κ3) is 5.46. The summed E-state index contributed by atoms with van der Waals surface area (Å²) in [5.41, 5.74) is 5.04. The fourth-order valence-electron chi connectivity index (χ4n) is 4.22. The number of benzene rings is 2. The average molecular weight is 502 g/mol. The molecule has 1 aliphatic heterocycles. The second-order valence-electron chi connectivity index (χ2n) is 8.54. The molecule has 0 saturated carbocycles. The normalized spacial score (nSPS) is 13.1. The molecule has 1 saturated heterocycles. The maximum atomic E-state index is 12.5. The molecule has 2 aromatic carbocycles. The Morgan fingerprint density at radius 3 is 2.64 bits per heavy atom. The maximum Gasteiger partial charge on any atom is 0.411 e. The number of carbonyl (C=O) groups is 1. The van der Waals surface area contributed by atoms with E-state index in [-0.39, 0.29) is 12.1 Å². The molecule has 8 nitrogen and oxygen atoms in total. The number of thiazole rings is 1. The number of aromatic nitrogens is 3. The largest absolute Gasteiger partial charge is 0.450 e. The van der Waals surface area contributed by atoms with Crippen molar-refractivity contribution >= 4 is 28.8 Å². The fraction of sp³-hybridized carbons (Fsp3) is 0.259. The Morgan fingerprint density at radius 2 is 1.86 bits per heavy atom. The molecule has 4 aromatic rings. The van der Waals surface area contributed by atoms with Crippen LogP contribution in [-0.4, -0.2) is 40.6 Å². The molecular weight excluding hydrogens is 474 g/mol. The first-order valence-electron chi connectivity index (χ1n) is 12.0. The first-order valence-corrected chi connectivity index (χ1v) is 12.9. The summed E-state index contributed by atoms with van der Waals surface area (Å²) < 4.78 is 6.33. The molecule has 2 aromatic heterocycles. The predicted octanol–water partition coefficient (Wildman–Crippen LogP) is 5.25. The topological polar surface area (TPSA) is 89.3 Å². The molecule has 0 atom stereocenters. The number of carbonyl (C=O) groups excluding carboxylic acids is 1. The Hall–Kier alpha value is -3.98. The van der Waals surface area contributed by atoms with E-state index in [4.69, 9.17) is 9.72 Å². The first-order chi connectivity index (χ1) is 17.6. The number of hydrogen-bond acceptors (Lipinski definition) is 7. The summed E-state index contributed by atoms with van der Waals surface area (Å²) in [4.78, 5) is 31.4. The number of rotatable bonds is 7. The van der Waals surface area contributed by atoms with Gasteiger partial charge in [0.2, 0.25) is 0 Å².